The van der Waals surface area contributed by atoms with E-state index in [1.807, 2.05) is 6.08 Å². The highest BCUT2D eigenvalue weighted by molar-refractivity contribution is 5.21. The van der Waals surface area contributed by atoms with Crippen LogP contribution in [-0.4, -0.2) is 20.0 Å². The van der Waals surface area contributed by atoms with E-state index in [2.05, 4.69) is 19.6 Å². The number of rotatable bonds is 4. The van der Waals surface area contributed by atoms with E-state index in [1.165, 1.54) is 5.57 Å². The molecule has 0 bridgehead atoms. The van der Waals surface area contributed by atoms with Crippen molar-refractivity contribution in [1.29, 1.82) is 0 Å². The van der Waals surface area contributed by atoms with Crippen molar-refractivity contribution in [2.24, 2.45) is 5.92 Å². The highest BCUT2D eigenvalue weighted by atomic mass is 16.7. The molecule has 2 atom stereocenters. The van der Waals surface area contributed by atoms with Crippen LogP contribution < -0.4 is 0 Å². The number of methoxy groups -OCH3 is 1. The predicted octanol–water partition coefficient (Wildman–Crippen LogP) is 2.52. The summed E-state index contributed by atoms with van der Waals surface area (Å²) in [7, 11) is 1.64. The summed E-state index contributed by atoms with van der Waals surface area (Å²) >= 11 is 0. The third-order valence-electron chi connectivity index (χ3n) is 2.28. The Labute approximate surface area is 80.2 Å². The normalized spacial score (nSPS) is 28.3. The van der Waals surface area contributed by atoms with Crippen molar-refractivity contribution >= 4 is 0 Å². The van der Waals surface area contributed by atoms with Crippen molar-refractivity contribution in [3.05, 3.63) is 24.3 Å². The number of ether oxygens (including phenoxy) is 2. The van der Waals surface area contributed by atoms with Crippen LogP contribution in [0.2, 0.25) is 0 Å². The van der Waals surface area contributed by atoms with Gasteiger partial charge in [0.2, 0.25) is 0 Å². The molecule has 0 saturated carbocycles. The van der Waals surface area contributed by atoms with Gasteiger partial charge in [0.1, 0.15) is 6.79 Å². The van der Waals surface area contributed by atoms with Gasteiger partial charge in [-0.1, -0.05) is 25.7 Å². The van der Waals surface area contributed by atoms with Gasteiger partial charge in [0, 0.05) is 7.11 Å². The SMILES string of the molecule is C=CC1=C[C@H](OCOC)C[C@H](C)C1. The molecule has 1 aliphatic rings. The maximum Gasteiger partial charge on any atom is 0.147 e. The van der Waals surface area contributed by atoms with Crippen LogP contribution in [0.25, 0.3) is 0 Å². The fourth-order valence-electron chi connectivity index (χ4n) is 1.68. The first-order valence-electron chi connectivity index (χ1n) is 4.70. The van der Waals surface area contributed by atoms with Crippen LogP contribution >= 0.6 is 0 Å². The molecule has 13 heavy (non-hydrogen) atoms. The summed E-state index contributed by atoms with van der Waals surface area (Å²) < 4.78 is 10.4. The van der Waals surface area contributed by atoms with Gasteiger partial charge in [-0.3, -0.25) is 0 Å². The Morgan fingerprint density at radius 1 is 1.69 bits per heavy atom. The average Bonchev–Trinajstić information content (AvgIpc) is 2.14. The fourth-order valence-corrected chi connectivity index (χ4v) is 1.68. The standard InChI is InChI=1S/C11H18O2/c1-4-10-5-9(2)6-11(7-10)13-8-12-3/h4,7,9,11H,1,5-6,8H2,2-3H3/t9-,11-/m1/s1. The van der Waals surface area contributed by atoms with E-state index >= 15 is 0 Å². The highest BCUT2D eigenvalue weighted by Gasteiger charge is 2.18. The Morgan fingerprint density at radius 3 is 3.08 bits per heavy atom. The van der Waals surface area contributed by atoms with Crippen molar-refractivity contribution in [2.45, 2.75) is 25.9 Å². The third kappa shape index (κ3) is 3.33. The molecule has 0 unspecified atom stereocenters. The molecule has 0 aliphatic heterocycles. The molecule has 0 radical (unpaired) electrons. The summed E-state index contributed by atoms with van der Waals surface area (Å²) in [5.74, 6) is 0.680. The number of hydrogen-bond donors (Lipinski definition) is 0. The van der Waals surface area contributed by atoms with Crippen LogP contribution in [0.15, 0.2) is 24.3 Å². The van der Waals surface area contributed by atoms with Crippen molar-refractivity contribution in [3.8, 4) is 0 Å². The molecule has 2 heteroatoms. The van der Waals surface area contributed by atoms with Crippen molar-refractivity contribution in [2.75, 3.05) is 13.9 Å². The van der Waals surface area contributed by atoms with Gasteiger partial charge in [-0.15, -0.1) is 0 Å². The minimum atomic E-state index is 0.205. The topological polar surface area (TPSA) is 18.5 Å². The van der Waals surface area contributed by atoms with E-state index in [0.717, 1.165) is 12.8 Å². The smallest absolute Gasteiger partial charge is 0.147 e. The van der Waals surface area contributed by atoms with Crippen molar-refractivity contribution < 1.29 is 9.47 Å². The third-order valence-corrected chi connectivity index (χ3v) is 2.28. The lowest BCUT2D eigenvalue weighted by atomic mass is 9.88. The summed E-state index contributed by atoms with van der Waals surface area (Å²) in [5, 5.41) is 0. The van der Waals surface area contributed by atoms with Crippen LogP contribution in [0.1, 0.15) is 19.8 Å². The molecule has 0 heterocycles. The first kappa shape index (κ1) is 10.5. The van der Waals surface area contributed by atoms with Crippen LogP contribution in [0.4, 0.5) is 0 Å². The Morgan fingerprint density at radius 2 is 2.46 bits per heavy atom. The maximum atomic E-state index is 5.49. The van der Waals surface area contributed by atoms with Gasteiger partial charge in [-0.25, -0.2) is 0 Å². The maximum absolute atomic E-state index is 5.49. The zero-order chi connectivity index (χ0) is 9.68. The predicted molar refractivity (Wildman–Crippen MR) is 53.4 cm³/mol. The van der Waals surface area contributed by atoms with Crippen LogP contribution in [0.5, 0.6) is 0 Å². The largest absolute Gasteiger partial charge is 0.359 e. The van der Waals surface area contributed by atoms with Gasteiger partial charge in [0.25, 0.3) is 0 Å². The monoisotopic (exact) mass is 182 g/mol. The van der Waals surface area contributed by atoms with Crippen LogP contribution in [0, 0.1) is 5.92 Å². The summed E-state index contributed by atoms with van der Waals surface area (Å²) in [6, 6.07) is 0. The molecule has 0 fully saturated rings. The van der Waals surface area contributed by atoms with E-state index in [0.29, 0.717) is 12.7 Å². The first-order chi connectivity index (χ1) is 6.26. The molecule has 0 aromatic carbocycles. The first-order valence-corrected chi connectivity index (χ1v) is 4.70. The van der Waals surface area contributed by atoms with E-state index in [1.54, 1.807) is 7.11 Å². The second-order valence-corrected chi connectivity index (χ2v) is 3.60. The van der Waals surface area contributed by atoms with E-state index in [4.69, 9.17) is 9.47 Å². The molecule has 0 N–H and O–H groups in total. The molecule has 2 nitrogen and oxygen atoms in total. The fraction of sp³-hybridized carbons (Fsp3) is 0.636. The molecule has 0 spiro atoms. The summed E-state index contributed by atoms with van der Waals surface area (Å²) in [6.45, 7) is 6.39. The minimum absolute atomic E-state index is 0.205. The lowest BCUT2D eigenvalue weighted by Gasteiger charge is -2.24. The average molecular weight is 182 g/mol. The molecule has 74 valence electrons. The van der Waals surface area contributed by atoms with Gasteiger partial charge in [-0.2, -0.15) is 0 Å². The quantitative estimate of drug-likeness (QED) is 0.622. The molecule has 0 aromatic heterocycles. The van der Waals surface area contributed by atoms with Gasteiger partial charge in [0.05, 0.1) is 6.10 Å². The Kier molecular flexibility index (Phi) is 4.19. The summed E-state index contributed by atoms with van der Waals surface area (Å²) in [6.07, 6.45) is 6.47. The van der Waals surface area contributed by atoms with Crippen molar-refractivity contribution in [3.63, 3.8) is 0 Å². The molecule has 0 aromatic rings. The molecule has 1 rings (SSSR count). The molecular formula is C11H18O2. The van der Waals surface area contributed by atoms with Gasteiger partial charge in [0.15, 0.2) is 0 Å². The number of allylic oxidation sites excluding steroid dienone is 2. The second kappa shape index (κ2) is 5.20. The van der Waals surface area contributed by atoms with Crippen molar-refractivity contribution in [1.82, 2.24) is 0 Å². The van der Waals surface area contributed by atoms with E-state index in [9.17, 15) is 0 Å². The molecule has 0 saturated heterocycles. The molecule has 1 aliphatic carbocycles. The number of hydrogen-bond acceptors (Lipinski definition) is 2. The van der Waals surface area contributed by atoms with Gasteiger partial charge >= 0.3 is 0 Å². The minimum Gasteiger partial charge on any atom is -0.359 e. The Bertz CT molecular complexity index is 196. The summed E-state index contributed by atoms with van der Waals surface area (Å²) in [4.78, 5) is 0. The zero-order valence-electron chi connectivity index (χ0n) is 8.45. The second-order valence-electron chi connectivity index (χ2n) is 3.60. The van der Waals surface area contributed by atoms with Gasteiger partial charge < -0.3 is 9.47 Å². The Balaban J connectivity index is 2.49. The highest BCUT2D eigenvalue weighted by Crippen LogP contribution is 2.25. The van der Waals surface area contributed by atoms with E-state index < -0.39 is 0 Å². The Hall–Kier alpha value is -0.600. The van der Waals surface area contributed by atoms with Gasteiger partial charge in [-0.05, 0) is 24.3 Å². The molecule has 0 amide bonds. The lowest BCUT2D eigenvalue weighted by Crippen LogP contribution is -2.20. The van der Waals surface area contributed by atoms with Crippen LogP contribution in [-0.2, 0) is 9.47 Å². The summed E-state index contributed by atoms with van der Waals surface area (Å²) in [5.41, 5.74) is 1.29. The lowest BCUT2D eigenvalue weighted by molar-refractivity contribution is -0.0628. The molecular weight excluding hydrogens is 164 g/mol. The van der Waals surface area contributed by atoms with Crippen LogP contribution in [0.3, 0.4) is 0 Å². The zero-order valence-corrected chi connectivity index (χ0v) is 8.45. The van der Waals surface area contributed by atoms with E-state index in [-0.39, 0.29) is 6.10 Å².